The molecule has 0 bridgehead atoms. The lowest BCUT2D eigenvalue weighted by Crippen LogP contribution is -2.35. The molecule has 2 aromatic rings. The van der Waals surface area contributed by atoms with Crippen LogP contribution in [0.25, 0.3) is 0 Å². The molecule has 0 fully saturated rings. The van der Waals surface area contributed by atoms with Gasteiger partial charge in [-0.25, -0.2) is 5.43 Å². The Kier molecular flexibility index (Phi) is 5.74. The maximum atomic E-state index is 12.1. The Morgan fingerprint density at radius 1 is 1.22 bits per heavy atom. The van der Waals surface area contributed by atoms with Crippen LogP contribution in [-0.4, -0.2) is 25.3 Å². The number of ether oxygens (including phenoxy) is 1. The van der Waals surface area contributed by atoms with Crippen LogP contribution in [0.1, 0.15) is 18.1 Å². The molecule has 0 spiro atoms. The van der Waals surface area contributed by atoms with Gasteiger partial charge in [-0.2, -0.15) is 5.10 Å². The monoisotopic (exact) mass is 311 g/mol. The van der Waals surface area contributed by atoms with Crippen molar-refractivity contribution in [3.8, 4) is 5.75 Å². The van der Waals surface area contributed by atoms with Crippen LogP contribution in [0.4, 0.5) is 5.69 Å². The molecular formula is C18H21N3O2. The number of rotatable bonds is 6. The maximum absolute atomic E-state index is 12.1. The fourth-order valence-corrected chi connectivity index (χ4v) is 2.02. The first-order valence-electron chi connectivity index (χ1n) is 7.39. The Morgan fingerprint density at radius 2 is 2.00 bits per heavy atom. The van der Waals surface area contributed by atoms with Gasteiger partial charge < -0.3 is 10.1 Å². The number of hydrazone groups is 1. The van der Waals surface area contributed by atoms with E-state index in [1.54, 1.807) is 20.2 Å². The van der Waals surface area contributed by atoms with Crippen molar-refractivity contribution in [2.75, 3.05) is 12.4 Å². The number of anilines is 1. The normalized spacial score (nSPS) is 12.0. The summed E-state index contributed by atoms with van der Waals surface area (Å²) in [5.74, 6) is 0.544. The summed E-state index contributed by atoms with van der Waals surface area (Å²) in [6.07, 6.45) is 1.58. The van der Waals surface area contributed by atoms with Crippen molar-refractivity contribution in [2.45, 2.75) is 19.9 Å². The number of carbonyl (C=O) groups is 1. The van der Waals surface area contributed by atoms with E-state index in [1.165, 1.54) is 0 Å². The first kappa shape index (κ1) is 16.5. The third-order valence-corrected chi connectivity index (χ3v) is 3.39. The zero-order valence-corrected chi connectivity index (χ0v) is 13.5. The molecule has 5 heteroatoms. The van der Waals surface area contributed by atoms with E-state index >= 15 is 0 Å². The van der Waals surface area contributed by atoms with Crippen LogP contribution in [0.3, 0.4) is 0 Å². The quantitative estimate of drug-likeness (QED) is 0.637. The van der Waals surface area contributed by atoms with Crippen LogP contribution in [0, 0.1) is 6.92 Å². The Hall–Kier alpha value is -2.82. The second-order valence-corrected chi connectivity index (χ2v) is 5.19. The number of aryl methyl sites for hydroxylation is 1. The van der Waals surface area contributed by atoms with Crippen molar-refractivity contribution in [3.63, 3.8) is 0 Å². The van der Waals surface area contributed by atoms with Crippen molar-refractivity contribution in [3.05, 3.63) is 59.7 Å². The number of nitrogens with zero attached hydrogens (tertiary/aromatic N) is 1. The Bertz CT molecular complexity index is 698. The van der Waals surface area contributed by atoms with Gasteiger partial charge in [-0.3, -0.25) is 4.79 Å². The highest BCUT2D eigenvalue weighted by Crippen LogP contribution is 2.14. The number of methoxy groups -OCH3 is 1. The molecule has 2 aromatic carbocycles. The number of benzene rings is 2. The van der Waals surface area contributed by atoms with Gasteiger partial charge in [0.05, 0.1) is 13.3 Å². The van der Waals surface area contributed by atoms with E-state index in [-0.39, 0.29) is 5.91 Å². The molecule has 5 nitrogen and oxygen atoms in total. The number of amides is 1. The van der Waals surface area contributed by atoms with Crippen molar-refractivity contribution in [2.24, 2.45) is 5.10 Å². The molecule has 23 heavy (non-hydrogen) atoms. The molecule has 120 valence electrons. The minimum absolute atomic E-state index is 0.201. The summed E-state index contributed by atoms with van der Waals surface area (Å²) in [6, 6.07) is 14.9. The standard InChI is InChI=1S/C18H21N3O2/c1-13-7-4-5-10-17(13)20-14(2)18(22)21-19-12-15-8-6-9-16(11-15)23-3/h4-12,14,20H,1-3H3,(H,21,22)/b19-12-/t14-/m1/s1. The molecule has 1 atom stereocenters. The lowest BCUT2D eigenvalue weighted by molar-refractivity contribution is -0.121. The Morgan fingerprint density at radius 3 is 2.74 bits per heavy atom. The average molecular weight is 311 g/mol. The molecular weight excluding hydrogens is 290 g/mol. The van der Waals surface area contributed by atoms with Crippen LogP contribution < -0.4 is 15.5 Å². The summed E-state index contributed by atoms with van der Waals surface area (Å²) in [4.78, 5) is 12.1. The van der Waals surface area contributed by atoms with Gasteiger partial charge in [-0.05, 0) is 43.2 Å². The fourth-order valence-electron chi connectivity index (χ4n) is 2.02. The van der Waals surface area contributed by atoms with Gasteiger partial charge in [-0.15, -0.1) is 0 Å². The molecule has 0 aliphatic rings. The molecule has 0 aromatic heterocycles. The minimum Gasteiger partial charge on any atom is -0.497 e. The van der Waals surface area contributed by atoms with Gasteiger partial charge in [0.2, 0.25) is 0 Å². The summed E-state index contributed by atoms with van der Waals surface area (Å²) >= 11 is 0. The van der Waals surface area contributed by atoms with Crippen LogP contribution in [0.5, 0.6) is 5.75 Å². The van der Waals surface area contributed by atoms with Gasteiger partial charge in [0.15, 0.2) is 0 Å². The number of hydrogen-bond donors (Lipinski definition) is 2. The van der Waals surface area contributed by atoms with Gasteiger partial charge >= 0.3 is 0 Å². The molecule has 2 rings (SSSR count). The highest BCUT2D eigenvalue weighted by molar-refractivity contribution is 5.86. The largest absolute Gasteiger partial charge is 0.497 e. The summed E-state index contributed by atoms with van der Waals surface area (Å²) in [5, 5.41) is 7.15. The first-order chi connectivity index (χ1) is 11.1. The zero-order chi connectivity index (χ0) is 16.7. The Labute approximate surface area is 136 Å². The van der Waals surface area contributed by atoms with Gasteiger partial charge in [0.1, 0.15) is 11.8 Å². The van der Waals surface area contributed by atoms with Gasteiger partial charge in [0, 0.05) is 5.69 Å². The summed E-state index contributed by atoms with van der Waals surface area (Å²) in [7, 11) is 1.61. The van der Waals surface area contributed by atoms with E-state index < -0.39 is 6.04 Å². The summed E-state index contributed by atoms with van der Waals surface area (Å²) in [6.45, 7) is 3.79. The highest BCUT2D eigenvalue weighted by atomic mass is 16.5. The maximum Gasteiger partial charge on any atom is 0.262 e. The topological polar surface area (TPSA) is 62.7 Å². The van der Waals surface area contributed by atoms with Crippen molar-refractivity contribution in [1.29, 1.82) is 0 Å². The van der Waals surface area contributed by atoms with E-state index in [0.717, 1.165) is 22.6 Å². The van der Waals surface area contributed by atoms with E-state index in [0.29, 0.717) is 0 Å². The first-order valence-corrected chi connectivity index (χ1v) is 7.39. The van der Waals surface area contributed by atoms with Crippen LogP contribution in [0.2, 0.25) is 0 Å². The molecule has 0 saturated carbocycles. The fraction of sp³-hybridized carbons (Fsp3) is 0.222. The average Bonchev–Trinajstić information content (AvgIpc) is 2.57. The van der Waals surface area contributed by atoms with E-state index in [1.807, 2.05) is 55.5 Å². The predicted molar refractivity (Wildman–Crippen MR) is 93.0 cm³/mol. The second kappa shape index (κ2) is 7.98. The molecule has 1 amide bonds. The molecule has 0 radical (unpaired) electrons. The SMILES string of the molecule is COc1cccc(/C=N\NC(=O)[C@@H](C)Nc2ccccc2C)c1. The molecule has 0 aliphatic heterocycles. The van der Waals surface area contributed by atoms with E-state index in [2.05, 4.69) is 15.8 Å². The number of hydrogen-bond acceptors (Lipinski definition) is 4. The van der Waals surface area contributed by atoms with Crippen LogP contribution >= 0.6 is 0 Å². The predicted octanol–water partition coefficient (Wildman–Crippen LogP) is 2.95. The molecule has 0 saturated heterocycles. The summed E-state index contributed by atoms with van der Waals surface area (Å²) < 4.78 is 5.14. The van der Waals surface area contributed by atoms with E-state index in [4.69, 9.17) is 4.74 Å². The van der Waals surface area contributed by atoms with Crippen LogP contribution in [-0.2, 0) is 4.79 Å². The van der Waals surface area contributed by atoms with Crippen molar-refractivity contribution in [1.82, 2.24) is 5.43 Å². The Balaban J connectivity index is 1.91. The second-order valence-electron chi connectivity index (χ2n) is 5.19. The third-order valence-electron chi connectivity index (χ3n) is 3.39. The molecule has 0 heterocycles. The lowest BCUT2D eigenvalue weighted by Gasteiger charge is -2.15. The summed E-state index contributed by atoms with van der Waals surface area (Å²) in [5.41, 5.74) is 5.41. The van der Waals surface area contributed by atoms with Gasteiger partial charge in [-0.1, -0.05) is 30.3 Å². The number of para-hydroxylation sites is 1. The highest BCUT2D eigenvalue weighted by Gasteiger charge is 2.12. The number of carbonyl (C=O) groups excluding carboxylic acids is 1. The third kappa shape index (κ3) is 4.85. The molecule has 2 N–H and O–H groups in total. The molecule has 0 unspecified atom stereocenters. The zero-order valence-electron chi connectivity index (χ0n) is 13.5. The smallest absolute Gasteiger partial charge is 0.262 e. The minimum atomic E-state index is -0.390. The number of nitrogens with one attached hydrogen (secondary N) is 2. The van der Waals surface area contributed by atoms with Crippen molar-refractivity contribution < 1.29 is 9.53 Å². The van der Waals surface area contributed by atoms with Crippen LogP contribution in [0.15, 0.2) is 53.6 Å². The molecule has 0 aliphatic carbocycles. The van der Waals surface area contributed by atoms with E-state index in [9.17, 15) is 4.79 Å². The van der Waals surface area contributed by atoms with Gasteiger partial charge in [0.25, 0.3) is 5.91 Å². The van der Waals surface area contributed by atoms with Crippen molar-refractivity contribution >= 4 is 17.8 Å². The lowest BCUT2D eigenvalue weighted by atomic mass is 10.2.